The van der Waals surface area contributed by atoms with Crippen molar-refractivity contribution in [1.29, 1.82) is 0 Å². The molecule has 1 radical (unpaired) electrons. The molecule has 4 heteroatoms. The Balaban J connectivity index is 2.67. The van der Waals surface area contributed by atoms with Crippen molar-refractivity contribution in [3.8, 4) is 0 Å². The Morgan fingerprint density at radius 2 is 2.00 bits per heavy atom. The van der Waals surface area contributed by atoms with E-state index in [4.69, 9.17) is 0 Å². The molecule has 0 N–H and O–H groups in total. The third kappa shape index (κ3) is 1.11. The predicted molar refractivity (Wildman–Crippen MR) is 44.2 cm³/mol. The van der Waals surface area contributed by atoms with Crippen molar-refractivity contribution < 1.29 is 0 Å². The molecule has 0 unspecified atom stereocenters. The molecule has 0 saturated carbocycles. The fourth-order valence-electron chi connectivity index (χ4n) is 0.922. The maximum atomic E-state index is 4.15. The molecule has 2 aromatic heterocycles. The third-order valence-electron chi connectivity index (χ3n) is 1.50. The Hall–Kier alpha value is -1.58. The lowest BCUT2D eigenvalue weighted by molar-refractivity contribution is 1.06. The van der Waals surface area contributed by atoms with Crippen molar-refractivity contribution in [2.75, 3.05) is 0 Å². The average molecular weight is 159 g/mol. The van der Waals surface area contributed by atoms with Gasteiger partial charge in [-0.05, 0) is 0 Å². The second-order valence-electron chi connectivity index (χ2n) is 2.28. The van der Waals surface area contributed by atoms with Crippen molar-refractivity contribution in [3.63, 3.8) is 0 Å². The van der Waals surface area contributed by atoms with Gasteiger partial charge in [0.2, 0.25) is 0 Å². The smallest absolute Gasteiger partial charge is 0.181 e. The fourth-order valence-corrected chi connectivity index (χ4v) is 0.922. The molecular weight excluding hydrogens is 152 g/mol. The molecular formula is C8H7N4. The summed E-state index contributed by atoms with van der Waals surface area (Å²) in [6.45, 7) is 1.89. The first-order valence-corrected chi connectivity index (χ1v) is 3.63. The lowest BCUT2D eigenvalue weighted by Crippen LogP contribution is -1.93. The highest BCUT2D eigenvalue weighted by Crippen LogP contribution is 2.03. The van der Waals surface area contributed by atoms with E-state index in [9.17, 15) is 0 Å². The zero-order valence-corrected chi connectivity index (χ0v) is 6.60. The summed E-state index contributed by atoms with van der Waals surface area (Å²) >= 11 is 0. The van der Waals surface area contributed by atoms with Crippen LogP contribution in [0.3, 0.4) is 0 Å². The molecule has 0 amide bonds. The zero-order chi connectivity index (χ0) is 8.39. The van der Waals surface area contributed by atoms with Crippen LogP contribution in [0, 0.1) is 6.42 Å². The number of aromatic nitrogens is 4. The van der Waals surface area contributed by atoms with E-state index in [-0.39, 0.29) is 0 Å². The van der Waals surface area contributed by atoms with Gasteiger partial charge in [0, 0.05) is 18.8 Å². The van der Waals surface area contributed by atoms with Gasteiger partial charge in [-0.25, -0.2) is 19.9 Å². The highest BCUT2D eigenvalue weighted by atomic mass is 15.0. The third-order valence-corrected chi connectivity index (χ3v) is 1.50. The van der Waals surface area contributed by atoms with E-state index in [2.05, 4.69) is 19.9 Å². The minimum atomic E-state index is 0.639. The van der Waals surface area contributed by atoms with E-state index < -0.39 is 0 Å². The molecule has 2 rings (SSSR count). The normalized spacial score (nSPS) is 10.4. The molecule has 0 bridgehead atoms. The van der Waals surface area contributed by atoms with Crippen LogP contribution in [0.2, 0.25) is 0 Å². The van der Waals surface area contributed by atoms with Crippen LogP contribution >= 0.6 is 0 Å². The van der Waals surface area contributed by atoms with E-state index in [0.717, 1.165) is 5.52 Å². The molecule has 2 aromatic rings. The lowest BCUT2D eigenvalue weighted by atomic mass is 10.4. The van der Waals surface area contributed by atoms with Crippen molar-refractivity contribution in [3.05, 3.63) is 30.8 Å². The Morgan fingerprint density at radius 3 is 2.83 bits per heavy atom. The van der Waals surface area contributed by atoms with Gasteiger partial charge in [0.1, 0.15) is 11.3 Å². The van der Waals surface area contributed by atoms with E-state index in [0.29, 0.717) is 11.5 Å². The fraction of sp³-hybridized carbons (Fsp3) is 0.125. The SMILES string of the molecule is C[CH]c1ncc2nccnc2n1. The van der Waals surface area contributed by atoms with Crippen LogP contribution in [-0.4, -0.2) is 19.9 Å². The minimum Gasteiger partial charge on any atom is -0.250 e. The number of hydrogen-bond acceptors (Lipinski definition) is 4. The number of rotatable bonds is 1. The molecule has 0 spiro atoms. The summed E-state index contributed by atoms with van der Waals surface area (Å²) in [7, 11) is 0. The van der Waals surface area contributed by atoms with Crippen LogP contribution in [0.15, 0.2) is 18.6 Å². The summed E-state index contributed by atoms with van der Waals surface area (Å²) < 4.78 is 0. The highest BCUT2D eigenvalue weighted by molar-refractivity contribution is 5.67. The Labute approximate surface area is 69.7 Å². The molecule has 2 heterocycles. The van der Waals surface area contributed by atoms with Crippen molar-refractivity contribution in [2.24, 2.45) is 0 Å². The molecule has 59 valence electrons. The van der Waals surface area contributed by atoms with E-state index in [1.165, 1.54) is 0 Å². The van der Waals surface area contributed by atoms with E-state index in [1.54, 1.807) is 18.6 Å². The van der Waals surface area contributed by atoms with Crippen molar-refractivity contribution >= 4 is 11.2 Å². The van der Waals surface area contributed by atoms with E-state index >= 15 is 0 Å². The van der Waals surface area contributed by atoms with Crippen LogP contribution in [0.1, 0.15) is 12.7 Å². The summed E-state index contributed by atoms with van der Waals surface area (Å²) in [5, 5.41) is 0. The minimum absolute atomic E-state index is 0.639. The van der Waals surface area contributed by atoms with Crippen molar-refractivity contribution in [2.45, 2.75) is 6.92 Å². The molecule has 0 aromatic carbocycles. The summed E-state index contributed by atoms with van der Waals surface area (Å²) in [6.07, 6.45) is 6.74. The molecule has 0 fully saturated rings. The van der Waals surface area contributed by atoms with Gasteiger partial charge in [0.15, 0.2) is 5.65 Å². The highest BCUT2D eigenvalue weighted by Gasteiger charge is 1.98. The zero-order valence-electron chi connectivity index (χ0n) is 6.60. The first-order valence-electron chi connectivity index (χ1n) is 3.63. The molecule has 0 saturated heterocycles. The molecule has 0 aliphatic carbocycles. The quantitative estimate of drug-likeness (QED) is 0.622. The van der Waals surface area contributed by atoms with Gasteiger partial charge in [-0.15, -0.1) is 0 Å². The van der Waals surface area contributed by atoms with Crippen LogP contribution in [-0.2, 0) is 0 Å². The van der Waals surface area contributed by atoms with Crippen LogP contribution in [0.4, 0.5) is 0 Å². The second kappa shape index (κ2) is 2.81. The van der Waals surface area contributed by atoms with Crippen LogP contribution in [0.25, 0.3) is 11.2 Å². The Morgan fingerprint density at radius 1 is 1.17 bits per heavy atom. The van der Waals surface area contributed by atoms with Crippen molar-refractivity contribution in [1.82, 2.24) is 19.9 Å². The first-order chi connectivity index (χ1) is 5.90. The molecule has 0 aliphatic rings. The van der Waals surface area contributed by atoms with Gasteiger partial charge < -0.3 is 0 Å². The number of hydrogen-bond donors (Lipinski definition) is 0. The van der Waals surface area contributed by atoms with Gasteiger partial charge in [-0.2, -0.15) is 0 Å². The maximum Gasteiger partial charge on any atom is 0.181 e. The first kappa shape index (κ1) is 7.09. The molecule has 0 aliphatic heterocycles. The number of nitrogens with zero attached hydrogens (tertiary/aromatic N) is 4. The number of fused-ring (bicyclic) bond motifs is 1. The van der Waals surface area contributed by atoms with Gasteiger partial charge in [-0.3, -0.25) is 0 Å². The van der Waals surface area contributed by atoms with Crippen LogP contribution < -0.4 is 0 Å². The van der Waals surface area contributed by atoms with Gasteiger partial charge in [0.25, 0.3) is 0 Å². The van der Waals surface area contributed by atoms with Gasteiger partial charge in [0.05, 0.1) is 6.20 Å². The standard InChI is InChI=1S/C8H7N4/c1-2-7-11-5-6-8(12-7)10-4-3-9-6/h2-5H,1H3. The summed E-state index contributed by atoms with van der Waals surface area (Å²) in [4.78, 5) is 16.3. The maximum absolute atomic E-state index is 4.15. The summed E-state index contributed by atoms with van der Waals surface area (Å²) in [5.41, 5.74) is 1.36. The summed E-state index contributed by atoms with van der Waals surface area (Å²) in [5.74, 6) is 0.683. The summed E-state index contributed by atoms with van der Waals surface area (Å²) in [6, 6.07) is 0. The molecule has 12 heavy (non-hydrogen) atoms. The van der Waals surface area contributed by atoms with Gasteiger partial charge >= 0.3 is 0 Å². The Kier molecular flexibility index (Phi) is 1.66. The van der Waals surface area contributed by atoms with Gasteiger partial charge in [-0.1, -0.05) is 6.92 Å². The average Bonchev–Trinajstić information content (AvgIpc) is 2.17. The Bertz CT molecular complexity index is 399. The molecule has 4 nitrogen and oxygen atoms in total. The molecule has 0 atom stereocenters. The lowest BCUT2D eigenvalue weighted by Gasteiger charge is -1.95. The predicted octanol–water partition coefficient (Wildman–Crippen LogP) is 0.992. The monoisotopic (exact) mass is 159 g/mol. The topological polar surface area (TPSA) is 51.6 Å². The van der Waals surface area contributed by atoms with Crippen LogP contribution in [0.5, 0.6) is 0 Å². The van der Waals surface area contributed by atoms with E-state index in [1.807, 2.05) is 13.3 Å². The largest absolute Gasteiger partial charge is 0.250 e. The second-order valence-corrected chi connectivity index (χ2v) is 2.28.